The lowest BCUT2D eigenvalue weighted by Gasteiger charge is -2.35. The topological polar surface area (TPSA) is 54.5 Å². The van der Waals surface area contributed by atoms with Gasteiger partial charge in [0.15, 0.2) is 0 Å². The lowest BCUT2D eigenvalue weighted by Crippen LogP contribution is -2.38. The van der Waals surface area contributed by atoms with Gasteiger partial charge in [0.25, 0.3) is 0 Å². The maximum absolute atomic E-state index is 14.8. The lowest BCUT2D eigenvalue weighted by molar-refractivity contribution is 0.527. The van der Waals surface area contributed by atoms with E-state index in [4.69, 9.17) is 15.8 Å². The van der Waals surface area contributed by atoms with Gasteiger partial charge >= 0.3 is 0 Å². The van der Waals surface area contributed by atoms with Crippen LogP contribution in [0.15, 0.2) is 71.8 Å². The van der Waals surface area contributed by atoms with Crippen LogP contribution in [0.5, 0.6) is 0 Å². The van der Waals surface area contributed by atoms with Crippen molar-refractivity contribution in [1.82, 2.24) is 4.98 Å². The maximum Gasteiger partial charge on any atom is 0.208 e. The fourth-order valence-corrected chi connectivity index (χ4v) is 6.59. The number of thiazole rings is 1. The van der Waals surface area contributed by atoms with Crippen molar-refractivity contribution in [3.63, 3.8) is 0 Å². The second-order valence-corrected chi connectivity index (χ2v) is 10.1. The molecule has 168 valence electrons. The van der Waals surface area contributed by atoms with Crippen LogP contribution in [-0.4, -0.2) is 16.6 Å². The van der Waals surface area contributed by atoms with Crippen molar-refractivity contribution >= 4 is 43.5 Å². The molecule has 1 unspecified atom stereocenters. The molecular formula is C25H22F2N4S2. The van der Waals surface area contributed by atoms with Gasteiger partial charge in [-0.2, -0.15) is 5.10 Å². The molecule has 5 rings (SSSR count). The van der Waals surface area contributed by atoms with Gasteiger partial charge in [0.2, 0.25) is 5.13 Å². The third-order valence-electron chi connectivity index (χ3n) is 5.68. The van der Waals surface area contributed by atoms with E-state index in [9.17, 15) is 8.78 Å². The van der Waals surface area contributed by atoms with Gasteiger partial charge in [-0.05, 0) is 61.7 Å². The molecule has 2 N–H and O–H groups in total. The minimum absolute atomic E-state index is 0.146. The van der Waals surface area contributed by atoms with E-state index in [1.165, 1.54) is 17.8 Å². The number of halogens is 2. The monoisotopic (exact) mass is 480 g/mol. The van der Waals surface area contributed by atoms with Crippen LogP contribution < -0.4 is 10.7 Å². The van der Waals surface area contributed by atoms with Gasteiger partial charge in [-0.15, -0.1) is 0 Å². The van der Waals surface area contributed by atoms with Crippen molar-refractivity contribution in [2.75, 3.05) is 11.6 Å². The molecule has 1 aliphatic heterocycles. The normalized spacial score (nSPS) is 18.2. The molecule has 2 heterocycles. The van der Waals surface area contributed by atoms with Gasteiger partial charge < -0.3 is 5.73 Å². The second-order valence-electron chi connectivity index (χ2n) is 7.91. The zero-order valence-electron chi connectivity index (χ0n) is 18.0. The lowest BCUT2D eigenvalue weighted by atomic mass is 10.0. The fourth-order valence-electron chi connectivity index (χ4n) is 4.05. The number of fused-ring (bicyclic) bond motifs is 1. The summed E-state index contributed by atoms with van der Waals surface area (Å²) in [6, 6.07) is 19.5. The van der Waals surface area contributed by atoms with Gasteiger partial charge in [0.1, 0.15) is 21.5 Å². The number of thioether (sulfide) groups is 1. The second kappa shape index (κ2) is 8.85. The third-order valence-corrected chi connectivity index (χ3v) is 8.31. The Morgan fingerprint density at radius 3 is 2.61 bits per heavy atom. The first-order valence-corrected chi connectivity index (χ1v) is 12.3. The zero-order chi connectivity index (χ0) is 23.0. The quantitative estimate of drug-likeness (QED) is 0.347. The molecule has 8 heteroatoms. The minimum atomic E-state index is -0.684. The molecular weight excluding hydrogens is 458 g/mol. The van der Waals surface area contributed by atoms with E-state index in [-0.39, 0.29) is 5.56 Å². The molecule has 3 aromatic carbocycles. The molecule has 1 aliphatic rings. The number of nitrogens with zero attached hydrogens (tertiary/aromatic N) is 3. The standard InChI is InChI=1S/C25H22F2N4S2/c1-16-7-5-10-21-22(16)32-24(29-21)31-25(13-6-14-28,17-8-3-2-4-9-17)33-23(30-31)19-15-18(26)11-12-20(19)27/h2-5,7-12,15H,6,13-14,28H2,1H3. The van der Waals surface area contributed by atoms with Crippen LogP contribution in [0.25, 0.3) is 10.2 Å². The Balaban J connectivity index is 1.72. The van der Waals surface area contributed by atoms with Gasteiger partial charge in [0, 0.05) is 5.56 Å². The highest BCUT2D eigenvalue weighted by molar-refractivity contribution is 8.15. The molecule has 0 saturated heterocycles. The summed E-state index contributed by atoms with van der Waals surface area (Å²) in [6.45, 7) is 2.56. The highest BCUT2D eigenvalue weighted by Gasteiger charge is 2.47. The number of aromatic nitrogens is 1. The van der Waals surface area contributed by atoms with Gasteiger partial charge in [-0.25, -0.2) is 18.8 Å². The Morgan fingerprint density at radius 2 is 1.85 bits per heavy atom. The highest BCUT2D eigenvalue weighted by atomic mass is 32.2. The van der Waals surface area contributed by atoms with Crippen LogP contribution in [0.2, 0.25) is 0 Å². The van der Waals surface area contributed by atoms with E-state index < -0.39 is 16.5 Å². The van der Waals surface area contributed by atoms with E-state index in [0.29, 0.717) is 23.1 Å². The molecule has 0 fully saturated rings. The molecule has 1 atom stereocenters. The number of hydrogen-bond acceptors (Lipinski definition) is 6. The molecule has 0 radical (unpaired) electrons. The van der Waals surface area contributed by atoms with Crippen LogP contribution in [0, 0.1) is 18.6 Å². The van der Waals surface area contributed by atoms with E-state index in [1.807, 2.05) is 47.5 Å². The van der Waals surface area contributed by atoms with Crippen molar-refractivity contribution in [3.05, 3.63) is 95.1 Å². The summed E-state index contributed by atoms with van der Waals surface area (Å²) in [5.41, 5.74) is 9.09. The van der Waals surface area contributed by atoms with E-state index in [1.54, 1.807) is 11.3 Å². The van der Waals surface area contributed by atoms with Crippen molar-refractivity contribution in [3.8, 4) is 0 Å². The SMILES string of the molecule is Cc1cccc2nc(N3N=C(c4cc(F)ccc4F)SC3(CCCN)c3ccccc3)sc12. The third kappa shape index (κ3) is 3.92. The highest BCUT2D eigenvalue weighted by Crippen LogP contribution is 2.53. The maximum atomic E-state index is 14.8. The summed E-state index contributed by atoms with van der Waals surface area (Å²) >= 11 is 2.98. The summed E-state index contributed by atoms with van der Waals surface area (Å²) in [5.74, 6) is -1.01. The first-order valence-electron chi connectivity index (χ1n) is 10.7. The van der Waals surface area contributed by atoms with Crippen LogP contribution in [0.4, 0.5) is 13.9 Å². The van der Waals surface area contributed by atoms with Gasteiger partial charge in [0.05, 0.1) is 10.2 Å². The van der Waals surface area contributed by atoms with Crippen molar-refractivity contribution < 1.29 is 8.78 Å². The number of hydrogen-bond donors (Lipinski definition) is 1. The molecule has 4 aromatic rings. The molecule has 0 aliphatic carbocycles. The van der Waals surface area contributed by atoms with Crippen LogP contribution in [-0.2, 0) is 4.87 Å². The first-order chi connectivity index (χ1) is 16.0. The summed E-state index contributed by atoms with van der Waals surface area (Å²) in [7, 11) is 0. The Kier molecular flexibility index (Phi) is 5.90. The van der Waals surface area contributed by atoms with Crippen LogP contribution in [0.1, 0.15) is 29.5 Å². The average molecular weight is 481 g/mol. The molecule has 0 spiro atoms. The van der Waals surface area contributed by atoms with E-state index >= 15 is 0 Å². The Labute approximate surface area is 199 Å². The first kappa shape index (κ1) is 22.0. The van der Waals surface area contributed by atoms with Crippen molar-refractivity contribution in [1.29, 1.82) is 0 Å². The van der Waals surface area contributed by atoms with Crippen LogP contribution >= 0.6 is 23.1 Å². The van der Waals surface area contributed by atoms with Crippen LogP contribution in [0.3, 0.4) is 0 Å². The smallest absolute Gasteiger partial charge is 0.208 e. The predicted octanol–water partition coefficient (Wildman–Crippen LogP) is 6.39. The molecule has 0 bridgehead atoms. The molecule has 33 heavy (non-hydrogen) atoms. The molecule has 4 nitrogen and oxygen atoms in total. The molecule has 1 aromatic heterocycles. The number of anilines is 1. The predicted molar refractivity (Wildman–Crippen MR) is 134 cm³/mol. The Morgan fingerprint density at radius 1 is 1.03 bits per heavy atom. The number of rotatable bonds is 6. The van der Waals surface area contributed by atoms with Crippen molar-refractivity contribution in [2.24, 2.45) is 10.8 Å². The zero-order valence-corrected chi connectivity index (χ0v) is 19.6. The fraction of sp³-hybridized carbons (Fsp3) is 0.200. The molecule has 0 amide bonds. The average Bonchev–Trinajstić information content (AvgIpc) is 3.43. The van der Waals surface area contributed by atoms with E-state index in [2.05, 4.69) is 13.0 Å². The number of aryl methyl sites for hydroxylation is 1. The summed E-state index contributed by atoms with van der Waals surface area (Å²) in [4.78, 5) is 4.19. The Bertz CT molecular complexity index is 1340. The number of hydrazone groups is 1. The van der Waals surface area contributed by atoms with Gasteiger partial charge in [-0.1, -0.05) is 65.6 Å². The van der Waals surface area contributed by atoms with Crippen molar-refractivity contribution in [2.45, 2.75) is 24.6 Å². The summed E-state index contributed by atoms with van der Waals surface area (Å²) in [5, 5.41) is 7.86. The Hall–Kier alpha value is -2.81. The molecule has 0 saturated carbocycles. The largest absolute Gasteiger partial charge is 0.330 e. The number of benzene rings is 3. The van der Waals surface area contributed by atoms with Gasteiger partial charge in [-0.3, -0.25) is 0 Å². The minimum Gasteiger partial charge on any atom is -0.330 e. The summed E-state index contributed by atoms with van der Waals surface area (Å²) in [6.07, 6.45) is 1.40. The van der Waals surface area contributed by atoms with E-state index in [0.717, 1.165) is 39.9 Å². The number of nitrogens with two attached hydrogens (primary N) is 1. The summed E-state index contributed by atoms with van der Waals surface area (Å²) < 4.78 is 29.9.